The molecule has 0 aliphatic rings. The maximum absolute atomic E-state index is 11.7. The highest BCUT2D eigenvalue weighted by molar-refractivity contribution is 6.01. The molecular weight excluding hydrogens is 256 g/mol. The van der Waals surface area contributed by atoms with Crippen LogP contribution in [0.1, 0.15) is 37.9 Å². The van der Waals surface area contributed by atoms with Crippen molar-refractivity contribution in [3.63, 3.8) is 0 Å². The largest absolute Gasteiger partial charge is 0.348 e. The van der Waals surface area contributed by atoms with E-state index < -0.39 is 12.0 Å². The van der Waals surface area contributed by atoms with Crippen molar-refractivity contribution < 1.29 is 14.4 Å². The van der Waals surface area contributed by atoms with Gasteiger partial charge in [0.1, 0.15) is 17.5 Å². The molecule has 0 bridgehead atoms. The summed E-state index contributed by atoms with van der Waals surface area (Å²) >= 11 is 0. The Morgan fingerprint density at radius 1 is 1.05 bits per heavy atom. The molecule has 0 aliphatic carbocycles. The van der Waals surface area contributed by atoms with Crippen LogP contribution >= 0.6 is 0 Å². The molecule has 0 saturated carbocycles. The average Bonchev–Trinajstić information content (AvgIpc) is 2.36. The Hall–Kier alpha value is -2.48. The van der Waals surface area contributed by atoms with Crippen molar-refractivity contribution in [3.8, 4) is 6.07 Å². The van der Waals surface area contributed by atoms with Gasteiger partial charge in [0, 0.05) is 6.92 Å². The second-order valence-electron chi connectivity index (χ2n) is 4.61. The van der Waals surface area contributed by atoms with Crippen LogP contribution in [0, 0.1) is 17.2 Å². The molecule has 104 valence electrons. The number of carbonyl (C=O) groups excluding carboxylic acids is 3. The third kappa shape index (κ3) is 3.75. The second kappa shape index (κ2) is 6.62. The van der Waals surface area contributed by atoms with E-state index >= 15 is 0 Å². The smallest absolute Gasteiger partial charge is 0.217 e. The number of amides is 1. The van der Waals surface area contributed by atoms with Gasteiger partial charge in [0.2, 0.25) is 5.91 Å². The monoisotopic (exact) mass is 272 g/mol. The van der Waals surface area contributed by atoms with Gasteiger partial charge in [-0.15, -0.1) is 0 Å². The molecule has 0 aromatic heterocycles. The first kappa shape index (κ1) is 15.6. The van der Waals surface area contributed by atoms with Gasteiger partial charge >= 0.3 is 0 Å². The maximum Gasteiger partial charge on any atom is 0.217 e. The molecule has 0 fully saturated rings. The minimum atomic E-state index is -0.924. The number of benzene rings is 1. The van der Waals surface area contributed by atoms with Crippen LogP contribution in [-0.2, 0) is 14.4 Å². The molecule has 5 nitrogen and oxygen atoms in total. The summed E-state index contributed by atoms with van der Waals surface area (Å²) in [5.41, 5.74) is 1.09. The van der Waals surface area contributed by atoms with Gasteiger partial charge in [-0.3, -0.25) is 14.4 Å². The molecule has 5 heteroatoms. The van der Waals surface area contributed by atoms with Crippen LogP contribution < -0.4 is 5.32 Å². The molecule has 1 unspecified atom stereocenters. The van der Waals surface area contributed by atoms with E-state index in [4.69, 9.17) is 5.26 Å². The minimum Gasteiger partial charge on any atom is -0.348 e. The minimum absolute atomic E-state index is 0.305. The second-order valence-corrected chi connectivity index (χ2v) is 4.61. The number of nitriles is 1. The first-order valence-electron chi connectivity index (χ1n) is 6.15. The summed E-state index contributed by atoms with van der Waals surface area (Å²) < 4.78 is 0. The van der Waals surface area contributed by atoms with Gasteiger partial charge in [-0.1, -0.05) is 12.1 Å². The molecule has 0 spiro atoms. The predicted molar refractivity (Wildman–Crippen MR) is 72.6 cm³/mol. The number of hydrogen-bond donors (Lipinski definition) is 1. The van der Waals surface area contributed by atoms with Crippen LogP contribution in [0.3, 0.4) is 0 Å². The Bertz CT molecular complexity index is 556. The van der Waals surface area contributed by atoms with Crippen molar-refractivity contribution in [2.75, 3.05) is 0 Å². The fraction of sp³-hybridized carbons (Fsp3) is 0.333. The van der Waals surface area contributed by atoms with E-state index in [1.54, 1.807) is 24.3 Å². The van der Waals surface area contributed by atoms with Crippen molar-refractivity contribution in [2.24, 2.45) is 5.92 Å². The van der Waals surface area contributed by atoms with Crippen LogP contribution in [0.2, 0.25) is 0 Å². The summed E-state index contributed by atoms with van der Waals surface area (Å²) in [7, 11) is 0. The zero-order valence-electron chi connectivity index (χ0n) is 11.6. The van der Waals surface area contributed by atoms with E-state index in [1.807, 2.05) is 6.07 Å². The van der Waals surface area contributed by atoms with Gasteiger partial charge in [-0.2, -0.15) is 5.26 Å². The van der Waals surface area contributed by atoms with E-state index in [1.165, 1.54) is 20.8 Å². The van der Waals surface area contributed by atoms with E-state index in [0.717, 1.165) is 0 Å². The average molecular weight is 272 g/mol. The number of carbonyl (C=O) groups is 3. The first-order chi connectivity index (χ1) is 9.36. The molecule has 0 heterocycles. The molecule has 1 aromatic rings. The fourth-order valence-corrected chi connectivity index (χ4v) is 2.10. The highest BCUT2D eigenvalue weighted by Gasteiger charge is 2.31. The standard InChI is InChI=1S/C15H16N2O3/c1-9(18)14(10(2)19)15(17-11(3)20)13-6-4-12(8-16)5-7-13/h4-7,14-15H,1-3H3,(H,17,20). The van der Waals surface area contributed by atoms with Crippen molar-refractivity contribution in [1.82, 2.24) is 5.32 Å². The number of rotatable bonds is 5. The molecule has 1 aromatic carbocycles. The molecule has 0 radical (unpaired) electrons. The molecule has 1 N–H and O–H groups in total. The SMILES string of the molecule is CC(=O)NC(c1ccc(C#N)cc1)C(C(C)=O)C(C)=O. The van der Waals surface area contributed by atoms with Crippen LogP contribution in [-0.4, -0.2) is 17.5 Å². The predicted octanol–water partition coefficient (Wildman–Crippen LogP) is 1.53. The van der Waals surface area contributed by atoms with Crippen LogP contribution in [0.4, 0.5) is 0 Å². The maximum atomic E-state index is 11.7. The van der Waals surface area contributed by atoms with Crippen LogP contribution in [0.25, 0.3) is 0 Å². The lowest BCUT2D eigenvalue weighted by atomic mass is 9.87. The van der Waals surface area contributed by atoms with Gasteiger partial charge in [-0.05, 0) is 31.5 Å². The van der Waals surface area contributed by atoms with Crippen molar-refractivity contribution >= 4 is 17.5 Å². The fourth-order valence-electron chi connectivity index (χ4n) is 2.10. The number of hydrogen-bond acceptors (Lipinski definition) is 4. The lowest BCUT2D eigenvalue weighted by Crippen LogP contribution is -2.38. The van der Waals surface area contributed by atoms with Gasteiger partial charge in [0.15, 0.2) is 0 Å². The molecule has 1 atom stereocenters. The van der Waals surface area contributed by atoms with Crippen molar-refractivity contribution in [1.29, 1.82) is 5.26 Å². The summed E-state index contributed by atoms with van der Waals surface area (Å²) in [6.07, 6.45) is 0. The summed E-state index contributed by atoms with van der Waals surface area (Å²) in [5.74, 6) is -1.86. The zero-order valence-corrected chi connectivity index (χ0v) is 11.6. The van der Waals surface area contributed by atoms with Gasteiger partial charge in [0.05, 0.1) is 17.7 Å². The Labute approximate surface area is 117 Å². The molecule has 1 amide bonds. The number of nitrogens with zero attached hydrogens (tertiary/aromatic N) is 1. The van der Waals surface area contributed by atoms with Gasteiger partial charge in [0.25, 0.3) is 0 Å². The summed E-state index contributed by atoms with van der Waals surface area (Å²) in [4.78, 5) is 34.7. The third-order valence-corrected chi connectivity index (χ3v) is 2.97. The zero-order chi connectivity index (χ0) is 15.3. The lowest BCUT2D eigenvalue weighted by molar-refractivity contribution is -0.132. The van der Waals surface area contributed by atoms with Crippen LogP contribution in [0.15, 0.2) is 24.3 Å². The summed E-state index contributed by atoms with van der Waals surface area (Å²) in [6, 6.07) is 7.72. The lowest BCUT2D eigenvalue weighted by Gasteiger charge is -2.24. The Balaban J connectivity index is 3.22. The van der Waals surface area contributed by atoms with E-state index in [-0.39, 0.29) is 17.5 Å². The molecule has 0 saturated heterocycles. The molecule has 0 aliphatic heterocycles. The highest BCUT2D eigenvalue weighted by Crippen LogP contribution is 2.24. The summed E-state index contributed by atoms with van der Waals surface area (Å²) in [5, 5.41) is 11.4. The van der Waals surface area contributed by atoms with Crippen molar-refractivity contribution in [2.45, 2.75) is 26.8 Å². The van der Waals surface area contributed by atoms with Gasteiger partial charge in [-0.25, -0.2) is 0 Å². The van der Waals surface area contributed by atoms with E-state index in [2.05, 4.69) is 5.32 Å². The Kier molecular flexibility index (Phi) is 5.15. The summed E-state index contributed by atoms with van der Waals surface area (Å²) in [6.45, 7) is 3.98. The van der Waals surface area contributed by atoms with E-state index in [0.29, 0.717) is 11.1 Å². The third-order valence-electron chi connectivity index (χ3n) is 2.97. The molecule has 1 rings (SSSR count). The molecule has 20 heavy (non-hydrogen) atoms. The number of Topliss-reactive ketones (excluding diaryl/α,β-unsaturated/α-hetero) is 2. The first-order valence-corrected chi connectivity index (χ1v) is 6.15. The number of ketones is 2. The Morgan fingerprint density at radius 2 is 1.55 bits per heavy atom. The quantitative estimate of drug-likeness (QED) is 0.823. The molecular formula is C15H16N2O3. The number of nitrogens with one attached hydrogen (secondary N) is 1. The topological polar surface area (TPSA) is 87.0 Å². The van der Waals surface area contributed by atoms with E-state index in [9.17, 15) is 14.4 Å². The van der Waals surface area contributed by atoms with Gasteiger partial charge < -0.3 is 5.32 Å². The normalized spacial score (nSPS) is 11.6. The highest BCUT2D eigenvalue weighted by atomic mass is 16.2. The Morgan fingerprint density at radius 3 is 1.90 bits per heavy atom. The van der Waals surface area contributed by atoms with Crippen LogP contribution in [0.5, 0.6) is 0 Å². The van der Waals surface area contributed by atoms with Crippen molar-refractivity contribution in [3.05, 3.63) is 35.4 Å².